The highest BCUT2D eigenvalue weighted by atomic mass is 32.2. The molecule has 10 heteroatoms. The van der Waals surface area contributed by atoms with E-state index in [1.807, 2.05) is 18.2 Å². The maximum atomic E-state index is 12.9. The molecule has 1 aliphatic rings. The number of hydrogen-bond acceptors (Lipinski definition) is 6. The number of hydrogen-bond donors (Lipinski definition) is 3. The number of para-hydroxylation sites is 3. The molecule has 0 aliphatic carbocycles. The predicted octanol–water partition coefficient (Wildman–Crippen LogP) is 2.60. The first-order chi connectivity index (χ1) is 16.8. The van der Waals surface area contributed by atoms with Crippen LogP contribution in [-0.4, -0.2) is 56.0 Å². The summed E-state index contributed by atoms with van der Waals surface area (Å²) in [7, 11) is -3.96. The van der Waals surface area contributed by atoms with Crippen LogP contribution in [0.25, 0.3) is 0 Å². The van der Waals surface area contributed by atoms with Crippen molar-refractivity contribution >= 4 is 27.5 Å². The van der Waals surface area contributed by atoms with Crippen LogP contribution in [0.2, 0.25) is 0 Å². The topological polar surface area (TPSA) is 125 Å². The van der Waals surface area contributed by atoms with Gasteiger partial charge in [-0.15, -0.1) is 0 Å². The van der Waals surface area contributed by atoms with E-state index in [2.05, 4.69) is 10.0 Å². The van der Waals surface area contributed by atoms with Gasteiger partial charge in [0, 0.05) is 18.7 Å². The highest BCUT2D eigenvalue weighted by Crippen LogP contribution is 2.30. The zero-order valence-corrected chi connectivity index (χ0v) is 19.6. The molecular weight excluding hydrogens is 470 g/mol. The third kappa shape index (κ3) is 6.17. The van der Waals surface area contributed by atoms with E-state index in [1.165, 1.54) is 29.2 Å². The molecule has 3 aromatic carbocycles. The molecule has 1 aliphatic heterocycles. The van der Waals surface area contributed by atoms with E-state index in [4.69, 9.17) is 4.74 Å². The van der Waals surface area contributed by atoms with Crippen molar-refractivity contribution in [1.29, 1.82) is 0 Å². The molecule has 1 unspecified atom stereocenters. The van der Waals surface area contributed by atoms with Crippen molar-refractivity contribution in [2.75, 3.05) is 24.4 Å². The number of ether oxygens (including phenoxy) is 1. The molecule has 1 atom stereocenters. The minimum absolute atomic E-state index is 0.0364. The summed E-state index contributed by atoms with van der Waals surface area (Å²) < 4.78 is 34.2. The van der Waals surface area contributed by atoms with Crippen LogP contribution in [0.15, 0.2) is 83.8 Å². The second-order valence-electron chi connectivity index (χ2n) is 8.01. The van der Waals surface area contributed by atoms with Crippen LogP contribution in [0.1, 0.15) is 16.8 Å². The van der Waals surface area contributed by atoms with E-state index in [9.17, 15) is 23.1 Å². The van der Waals surface area contributed by atoms with Crippen molar-refractivity contribution in [2.24, 2.45) is 0 Å². The van der Waals surface area contributed by atoms with Gasteiger partial charge < -0.3 is 20.1 Å². The lowest BCUT2D eigenvalue weighted by Crippen LogP contribution is -2.39. The summed E-state index contributed by atoms with van der Waals surface area (Å²) in [5, 5.41) is 12.1. The normalized spacial score (nSPS) is 15.5. The number of β-amino-alcohol motifs (C(OH)–C–C–N with tert-alkyl or cyclic N) is 1. The Morgan fingerprint density at radius 3 is 2.34 bits per heavy atom. The fourth-order valence-corrected chi connectivity index (χ4v) is 4.65. The second kappa shape index (κ2) is 10.6. The molecule has 1 fully saturated rings. The maximum absolute atomic E-state index is 12.9. The molecule has 9 nitrogen and oxygen atoms in total. The number of rotatable bonds is 8. The number of carbonyl (C=O) groups is 2. The molecule has 3 N–H and O–H groups in total. The Balaban J connectivity index is 1.40. The molecule has 0 saturated carbocycles. The van der Waals surface area contributed by atoms with Gasteiger partial charge in [0.15, 0.2) is 5.75 Å². The molecule has 0 spiro atoms. The fourth-order valence-electron chi connectivity index (χ4n) is 3.58. The molecule has 1 heterocycles. The van der Waals surface area contributed by atoms with Crippen LogP contribution in [0.5, 0.6) is 11.5 Å². The van der Waals surface area contributed by atoms with Gasteiger partial charge >= 0.3 is 0 Å². The molecular formula is C25H25N3O6S. The monoisotopic (exact) mass is 495 g/mol. The fraction of sp³-hybridized carbons (Fsp3) is 0.200. The van der Waals surface area contributed by atoms with Crippen molar-refractivity contribution in [3.8, 4) is 11.5 Å². The predicted molar refractivity (Wildman–Crippen MR) is 130 cm³/mol. The number of amides is 2. The minimum Gasteiger partial charge on any atom is -0.455 e. The molecule has 0 aromatic heterocycles. The number of sulfonamides is 1. The summed E-state index contributed by atoms with van der Waals surface area (Å²) in [4.78, 5) is 26.0. The van der Waals surface area contributed by atoms with E-state index in [-0.39, 0.29) is 35.1 Å². The van der Waals surface area contributed by atoms with Gasteiger partial charge in [0.05, 0.1) is 23.2 Å². The number of nitrogens with one attached hydrogen (secondary N) is 2. The average Bonchev–Trinajstić information content (AvgIpc) is 3.30. The van der Waals surface area contributed by atoms with Crippen LogP contribution in [0, 0.1) is 0 Å². The van der Waals surface area contributed by atoms with Crippen molar-refractivity contribution in [3.05, 3.63) is 84.4 Å². The highest BCUT2D eigenvalue weighted by Gasteiger charge is 2.24. The summed E-state index contributed by atoms with van der Waals surface area (Å²) in [5.41, 5.74) is 0.481. The zero-order chi connectivity index (χ0) is 24.8. The first-order valence-electron chi connectivity index (χ1n) is 11.0. The summed E-state index contributed by atoms with van der Waals surface area (Å²) in [6.45, 7) is 0.508. The van der Waals surface area contributed by atoms with Gasteiger partial charge in [0.25, 0.3) is 15.9 Å². The number of anilines is 1. The number of benzene rings is 3. The minimum atomic E-state index is -3.96. The third-order valence-corrected chi connectivity index (χ3v) is 6.83. The Kier molecular flexibility index (Phi) is 7.33. The van der Waals surface area contributed by atoms with Gasteiger partial charge in [0.1, 0.15) is 5.75 Å². The standard InChI is InChI=1S/C25H25N3O6S/c29-19-14-15-28(17-19)24(30)16-26-25(31)18-10-12-21(13-11-18)35(32,33)27-22-8-4-5-9-23(22)34-20-6-2-1-3-7-20/h1-13,19,27,29H,14-17H2,(H,26,31). The van der Waals surface area contributed by atoms with Gasteiger partial charge in [-0.05, 0) is 55.0 Å². The van der Waals surface area contributed by atoms with Crippen LogP contribution in [0.3, 0.4) is 0 Å². The van der Waals surface area contributed by atoms with Crippen LogP contribution < -0.4 is 14.8 Å². The lowest BCUT2D eigenvalue weighted by atomic mass is 10.2. The van der Waals surface area contributed by atoms with Gasteiger partial charge in [0.2, 0.25) is 5.91 Å². The lowest BCUT2D eigenvalue weighted by Gasteiger charge is -2.16. The Hall–Kier alpha value is -3.89. The van der Waals surface area contributed by atoms with E-state index in [1.54, 1.807) is 36.4 Å². The van der Waals surface area contributed by atoms with E-state index >= 15 is 0 Å². The van der Waals surface area contributed by atoms with Crippen molar-refractivity contribution < 1.29 is 27.9 Å². The van der Waals surface area contributed by atoms with Gasteiger partial charge in [-0.1, -0.05) is 30.3 Å². The summed E-state index contributed by atoms with van der Waals surface area (Å²) >= 11 is 0. The van der Waals surface area contributed by atoms with E-state index < -0.39 is 22.0 Å². The van der Waals surface area contributed by atoms with Crippen molar-refractivity contribution in [2.45, 2.75) is 17.4 Å². The quantitative estimate of drug-likeness (QED) is 0.441. The Labute approximate surface area is 203 Å². The average molecular weight is 496 g/mol. The van der Waals surface area contributed by atoms with Crippen LogP contribution >= 0.6 is 0 Å². The maximum Gasteiger partial charge on any atom is 0.262 e. The lowest BCUT2D eigenvalue weighted by molar-refractivity contribution is -0.129. The largest absolute Gasteiger partial charge is 0.455 e. The number of aliphatic hydroxyl groups excluding tert-OH is 1. The van der Waals surface area contributed by atoms with Gasteiger partial charge in [-0.2, -0.15) is 0 Å². The number of nitrogens with zero attached hydrogens (tertiary/aromatic N) is 1. The SMILES string of the molecule is O=C(NCC(=O)N1CCC(O)C1)c1ccc(S(=O)(=O)Nc2ccccc2Oc2ccccc2)cc1. The zero-order valence-electron chi connectivity index (χ0n) is 18.8. The summed E-state index contributed by atoms with van der Waals surface area (Å²) in [6, 6.07) is 21.0. The highest BCUT2D eigenvalue weighted by molar-refractivity contribution is 7.92. The second-order valence-corrected chi connectivity index (χ2v) is 9.69. The molecule has 35 heavy (non-hydrogen) atoms. The van der Waals surface area contributed by atoms with E-state index in [0.29, 0.717) is 24.5 Å². The smallest absolute Gasteiger partial charge is 0.262 e. The molecule has 4 rings (SSSR count). The first-order valence-corrected chi connectivity index (χ1v) is 12.5. The summed E-state index contributed by atoms with van der Waals surface area (Å²) in [6.07, 6.45) is -0.0124. The van der Waals surface area contributed by atoms with Crippen molar-refractivity contribution in [1.82, 2.24) is 10.2 Å². The Morgan fingerprint density at radius 1 is 0.971 bits per heavy atom. The van der Waals surface area contributed by atoms with Crippen molar-refractivity contribution in [3.63, 3.8) is 0 Å². The number of likely N-dealkylation sites (tertiary alicyclic amines) is 1. The molecule has 0 bridgehead atoms. The molecule has 182 valence electrons. The molecule has 0 radical (unpaired) electrons. The van der Waals surface area contributed by atoms with Gasteiger partial charge in [-0.25, -0.2) is 8.42 Å². The summed E-state index contributed by atoms with van der Waals surface area (Å²) in [5.74, 6) is 0.119. The van der Waals surface area contributed by atoms with Crippen LogP contribution in [0.4, 0.5) is 5.69 Å². The molecule has 2 amide bonds. The third-order valence-electron chi connectivity index (χ3n) is 5.45. The van der Waals surface area contributed by atoms with Crippen LogP contribution in [-0.2, 0) is 14.8 Å². The number of carbonyl (C=O) groups excluding carboxylic acids is 2. The van der Waals surface area contributed by atoms with E-state index in [0.717, 1.165) is 0 Å². The molecule has 1 saturated heterocycles. The Morgan fingerprint density at radius 2 is 1.66 bits per heavy atom. The Bertz CT molecular complexity index is 1300. The van der Waals surface area contributed by atoms with Gasteiger partial charge in [-0.3, -0.25) is 14.3 Å². The number of aliphatic hydroxyl groups is 1. The first kappa shape index (κ1) is 24.2. The molecule has 3 aromatic rings.